The number of aromatic nitrogens is 2. The number of benzene rings is 1. The van der Waals surface area contributed by atoms with Gasteiger partial charge in [0.1, 0.15) is 10.4 Å². The molecule has 1 N–H and O–H groups in total. The number of sulfonamides is 1. The average molecular weight is 266 g/mol. The van der Waals surface area contributed by atoms with Crippen LogP contribution in [0.3, 0.4) is 0 Å². The fraction of sp³-hybridized carbons (Fsp3) is 0.300. The van der Waals surface area contributed by atoms with E-state index in [0.717, 1.165) is 0 Å². The second-order valence-electron chi connectivity index (χ2n) is 3.77. The van der Waals surface area contributed by atoms with Crippen LogP contribution in [0.1, 0.15) is 6.92 Å². The van der Waals surface area contributed by atoms with Gasteiger partial charge in [0.2, 0.25) is 10.0 Å². The van der Waals surface area contributed by atoms with Crippen molar-refractivity contribution in [2.75, 3.05) is 6.54 Å². The van der Waals surface area contributed by atoms with E-state index in [1.807, 2.05) is 6.07 Å². The van der Waals surface area contributed by atoms with Crippen LogP contribution in [0.15, 0.2) is 27.7 Å². The molecule has 0 aliphatic rings. The third-order valence-corrected chi connectivity index (χ3v) is 3.79. The molecule has 1 heterocycles. The van der Waals surface area contributed by atoms with Gasteiger partial charge < -0.3 is 0 Å². The van der Waals surface area contributed by atoms with Gasteiger partial charge in [0.25, 0.3) is 0 Å². The third-order valence-electron chi connectivity index (χ3n) is 2.34. The van der Waals surface area contributed by atoms with Crippen molar-refractivity contribution in [1.29, 1.82) is 5.26 Å². The van der Waals surface area contributed by atoms with Crippen molar-refractivity contribution in [3.63, 3.8) is 0 Å². The summed E-state index contributed by atoms with van der Waals surface area (Å²) >= 11 is 0. The minimum Gasteiger partial charge on any atom is -0.243 e. The van der Waals surface area contributed by atoms with Crippen LogP contribution in [-0.4, -0.2) is 25.3 Å². The highest BCUT2D eigenvalue weighted by Crippen LogP contribution is 2.19. The van der Waals surface area contributed by atoms with Gasteiger partial charge in [0.05, 0.1) is 12.0 Å². The highest BCUT2D eigenvalue weighted by Gasteiger charge is 2.20. The lowest BCUT2D eigenvalue weighted by atomic mass is 10.2. The number of nitrogens with one attached hydrogen (secondary N) is 1. The number of nitrogens with zero attached hydrogens (tertiary/aromatic N) is 3. The fourth-order valence-corrected chi connectivity index (χ4v) is 2.64. The van der Waals surface area contributed by atoms with Gasteiger partial charge in [-0.2, -0.15) is 5.26 Å². The van der Waals surface area contributed by atoms with Crippen LogP contribution in [0.5, 0.6) is 0 Å². The molecule has 8 heteroatoms. The number of nitriles is 1. The van der Waals surface area contributed by atoms with E-state index in [0.29, 0.717) is 5.52 Å². The summed E-state index contributed by atoms with van der Waals surface area (Å²) < 4.78 is 30.9. The summed E-state index contributed by atoms with van der Waals surface area (Å²) in [5, 5.41) is 15.8. The van der Waals surface area contributed by atoms with E-state index in [1.54, 1.807) is 19.1 Å². The SMILES string of the molecule is C[C@@H](C#N)CNS(=O)(=O)c1cccc2nonc12. The van der Waals surface area contributed by atoms with Crippen LogP contribution in [0.25, 0.3) is 11.0 Å². The molecule has 1 aromatic heterocycles. The molecule has 2 rings (SSSR count). The second-order valence-corrected chi connectivity index (χ2v) is 5.51. The van der Waals surface area contributed by atoms with Crippen LogP contribution >= 0.6 is 0 Å². The molecule has 0 spiro atoms. The van der Waals surface area contributed by atoms with Crippen molar-refractivity contribution in [2.24, 2.45) is 5.92 Å². The van der Waals surface area contributed by atoms with Crippen molar-refractivity contribution in [3.8, 4) is 6.07 Å². The van der Waals surface area contributed by atoms with E-state index < -0.39 is 15.9 Å². The number of hydrogen-bond acceptors (Lipinski definition) is 6. The maximum Gasteiger partial charge on any atom is 0.242 e. The Morgan fingerprint density at radius 1 is 1.50 bits per heavy atom. The number of rotatable bonds is 4. The van der Waals surface area contributed by atoms with Crippen molar-refractivity contribution in [1.82, 2.24) is 15.0 Å². The molecule has 1 atom stereocenters. The summed E-state index contributed by atoms with van der Waals surface area (Å²) in [4.78, 5) is -0.00797. The zero-order valence-electron chi connectivity index (χ0n) is 9.49. The van der Waals surface area contributed by atoms with Crippen LogP contribution in [-0.2, 0) is 10.0 Å². The standard InChI is InChI=1S/C10H10N4O3S/c1-7(5-11)6-12-18(15,16)9-4-2-3-8-10(9)14-17-13-8/h2-4,7,12H,6H2,1H3/t7-/m0/s1. The molecular weight excluding hydrogens is 256 g/mol. The topological polar surface area (TPSA) is 109 Å². The summed E-state index contributed by atoms with van der Waals surface area (Å²) in [6.45, 7) is 1.67. The third kappa shape index (κ3) is 2.32. The van der Waals surface area contributed by atoms with Gasteiger partial charge in [0, 0.05) is 6.54 Å². The molecule has 18 heavy (non-hydrogen) atoms. The molecule has 0 aliphatic carbocycles. The Bertz CT molecular complexity index is 701. The van der Waals surface area contributed by atoms with E-state index in [1.165, 1.54) is 6.07 Å². The quantitative estimate of drug-likeness (QED) is 0.870. The van der Waals surface area contributed by atoms with Crippen LogP contribution in [0, 0.1) is 17.2 Å². The molecule has 0 saturated carbocycles. The molecule has 0 radical (unpaired) electrons. The lowest BCUT2D eigenvalue weighted by Gasteiger charge is -2.07. The molecule has 0 aliphatic heterocycles. The second kappa shape index (κ2) is 4.72. The molecule has 0 amide bonds. The van der Waals surface area contributed by atoms with Gasteiger partial charge in [-0.3, -0.25) is 0 Å². The lowest BCUT2D eigenvalue weighted by molar-refractivity contribution is 0.315. The van der Waals surface area contributed by atoms with Gasteiger partial charge in [-0.1, -0.05) is 6.07 Å². The molecule has 0 unspecified atom stereocenters. The van der Waals surface area contributed by atoms with E-state index in [-0.39, 0.29) is 17.0 Å². The first-order chi connectivity index (χ1) is 8.54. The molecule has 2 aromatic rings. The Morgan fingerprint density at radius 2 is 2.28 bits per heavy atom. The van der Waals surface area contributed by atoms with Crippen molar-refractivity contribution in [2.45, 2.75) is 11.8 Å². The maximum atomic E-state index is 12.0. The molecule has 7 nitrogen and oxygen atoms in total. The lowest BCUT2D eigenvalue weighted by Crippen LogP contribution is -2.28. The van der Waals surface area contributed by atoms with Crippen molar-refractivity contribution < 1.29 is 13.0 Å². The van der Waals surface area contributed by atoms with Gasteiger partial charge in [-0.15, -0.1) is 0 Å². The maximum absolute atomic E-state index is 12.0. The molecule has 1 aromatic carbocycles. The van der Waals surface area contributed by atoms with Crippen molar-refractivity contribution >= 4 is 21.1 Å². The van der Waals surface area contributed by atoms with Gasteiger partial charge >= 0.3 is 0 Å². The largest absolute Gasteiger partial charge is 0.243 e. The first-order valence-corrected chi connectivity index (χ1v) is 6.63. The van der Waals surface area contributed by atoms with Crippen LogP contribution in [0.2, 0.25) is 0 Å². The highest BCUT2D eigenvalue weighted by molar-refractivity contribution is 7.89. The molecule has 0 fully saturated rings. The van der Waals surface area contributed by atoms with Crippen LogP contribution < -0.4 is 4.72 Å². The molecule has 0 saturated heterocycles. The van der Waals surface area contributed by atoms with E-state index in [2.05, 4.69) is 19.7 Å². The number of fused-ring (bicyclic) bond motifs is 1. The van der Waals surface area contributed by atoms with Gasteiger partial charge in [-0.05, 0) is 29.4 Å². The predicted molar refractivity (Wildman–Crippen MR) is 61.8 cm³/mol. The Kier molecular flexibility index (Phi) is 3.27. The summed E-state index contributed by atoms with van der Waals surface area (Å²) in [6, 6.07) is 6.51. The summed E-state index contributed by atoms with van der Waals surface area (Å²) in [5.41, 5.74) is 0.542. The van der Waals surface area contributed by atoms with Gasteiger partial charge in [-0.25, -0.2) is 17.8 Å². The smallest absolute Gasteiger partial charge is 0.242 e. The molecule has 94 valence electrons. The summed E-state index contributed by atoms with van der Waals surface area (Å²) in [6.07, 6.45) is 0. The molecule has 0 bridgehead atoms. The highest BCUT2D eigenvalue weighted by atomic mass is 32.2. The van der Waals surface area contributed by atoms with E-state index in [9.17, 15) is 8.42 Å². The Balaban J connectivity index is 2.36. The first kappa shape index (κ1) is 12.5. The Hall–Kier alpha value is -1.98. The summed E-state index contributed by atoms with van der Waals surface area (Å²) in [5.74, 6) is -0.408. The molecular formula is C10H10N4O3S. The number of hydrogen-bond donors (Lipinski definition) is 1. The Morgan fingerprint density at radius 3 is 3.00 bits per heavy atom. The first-order valence-electron chi connectivity index (χ1n) is 5.15. The minimum absolute atomic E-state index is 0.00797. The predicted octanol–water partition coefficient (Wildman–Crippen LogP) is 0.661. The fourth-order valence-electron chi connectivity index (χ4n) is 1.36. The van der Waals surface area contributed by atoms with Crippen LogP contribution in [0.4, 0.5) is 0 Å². The van der Waals surface area contributed by atoms with Gasteiger partial charge in [0.15, 0.2) is 5.52 Å². The van der Waals surface area contributed by atoms with E-state index in [4.69, 9.17) is 5.26 Å². The average Bonchev–Trinajstić information content (AvgIpc) is 2.83. The van der Waals surface area contributed by atoms with Crippen molar-refractivity contribution in [3.05, 3.63) is 18.2 Å². The van der Waals surface area contributed by atoms with E-state index >= 15 is 0 Å². The minimum atomic E-state index is -3.73. The Labute approximate surface area is 103 Å². The normalized spacial score (nSPS) is 13.3. The zero-order chi connectivity index (χ0) is 13.2. The monoisotopic (exact) mass is 266 g/mol. The zero-order valence-corrected chi connectivity index (χ0v) is 10.3. The summed E-state index contributed by atoms with van der Waals surface area (Å²) in [7, 11) is -3.73.